The van der Waals surface area contributed by atoms with E-state index in [1.807, 2.05) is 6.07 Å². The molecule has 3 heterocycles. The third kappa shape index (κ3) is 1.94. The number of para-hydroxylation sites is 1. The first-order chi connectivity index (χ1) is 12.3. The Morgan fingerprint density at radius 2 is 1.60 bits per heavy atom. The smallest absolute Gasteiger partial charge is 0.206 e. The predicted molar refractivity (Wildman–Crippen MR) is 86.3 cm³/mol. The van der Waals surface area contributed by atoms with E-state index in [0.717, 1.165) is 0 Å². The molecule has 0 fully saturated rings. The van der Waals surface area contributed by atoms with Crippen molar-refractivity contribution in [3.05, 3.63) is 46.6 Å². The van der Waals surface area contributed by atoms with Gasteiger partial charge in [-0.05, 0) is 34.7 Å². The maximum Gasteiger partial charge on any atom is 0.206 e. The van der Waals surface area contributed by atoms with Gasteiger partial charge in [-0.25, -0.2) is 0 Å². The lowest BCUT2D eigenvalue weighted by molar-refractivity contribution is 0.660. The number of H-pyrrole nitrogens is 2. The van der Waals surface area contributed by atoms with E-state index >= 15 is 0 Å². The number of hydrogen-bond donors (Lipinski definition) is 2. The minimum atomic E-state index is -0.193. The third-order valence-corrected chi connectivity index (χ3v) is 3.90. The van der Waals surface area contributed by atoms with Gasteiger partial charge in [-0.3, -0.25) is 4.79 Å². The van der Waals surface area contributed by atoms with Crippen LogP contribution in [0.5, 0.6) is 0 Å². The van der Waals surface area contributed by atoms with Crippen LogP contribution in [0.3, 0.4) is 0 Å². The second kappa shape index (κ2) is 5.03. The summed E-state index contributed by atoms with van der Waals surface area (Å²) in [6.07, 6.45) is 0. The number of hydrogen-bond acceptors (Lipinski definition) is 8. The quantitative estimate of drug-likeness (QED) is 0.461. The minimum absolute atomic E-state index is 0.193. The van der Waals surface area contributed by atoms with Gasteiger partial charge in [0.25, 0.3) is 0 Å². The Labute approximate surface area is 137 Å². The first-order valence-corrected chi connectivity index (χ1v) is 7.29. The fourth-order valence-corrected chi connectivity index (χ4v) is 2.85. The molecule has 0 aliphatic rings. The Balaban J connectivity index is 2.01. The molecule has 3 aromatic heterocycles. The fourth-order valence-electron chi connectivity index (χ4n) is 2.85. The fraction of sp³-hybridized carbons (Fsp3) is 0. The van der Waals surface area contributed by atoms with E-state index in [1.165, 1.54) is 0 Å². The van der Waals surface area contributed by atoms with Crippen molar-refractivity contribution in [2.75, 3.05) is 0 Å². The topological polar surface area (TPSA) is 139 Å². The first-order valence-electron chi connectivity index (χ1n) is 7.29. The molecular formula is C15H8N8O2. The molecule has 120 valence electrons. The van der Waals surface area contributed by atoms with E-state index in [1.54, 1.807) is 30.3 Å². The van der Waals surface area contributed by atoms with Crippen LogP contribution in [-0.2, 0) is 0 Å². The van der Waals surface area contributed by atoms with E-state index in [2.05, 4.69) is 41.2 Å². The molecule has 0 atom stereocenters. The summed E-state index contributed by atoms with van der Waals surface area (Å²) >= 11 is 0. The molecular weight excluding hydrogens is 324 g/mol. The Kier molecular flexibility index (Phi) is 2.71. The number of nitrogens with zero attached hydrogens (tertiary/aromatic N) is 6. The molecule has 0 aliphatic carbocycles. The number of fused-ring (bicyclic) bond motifs is 2. The molecule has 0 unspecified atom stereocenters. The van der Waals surface area contributed by atoms with Crippen LogP contribution in [0.1, 0.15) is 0 Å². The molecule has 25 heavy (non-hydrogen) atoms. The standard InChI is InChI=1S/C15H8N8O2/c24-13-7-3-1-2-4-9(7)25-10-6-5-8(14-16-20-21-17-14)11(12(10)13)15-18-22-23-19-15/h1-6H,(H,16,17,20,21)(H,18,19,22,23). The van der Waals surface area contributed by atoms with Crippen LogP contribution in [0.15, 0.2) is 45.6 Å². The van der Waals surface area contributed by atoms with E-state index in [0.29, 0.717) is 38.9 Å². The minimum Gasteiger partial charge on any atom is -0.456 e. The normalized spacial score (nSPS) is 11.4. The molecule has 0 radical (unpaired) electrons. The van der Waals surface area contributed by atoms with Gasteiger partial charge in [0.1, 0.15) is 11.2 Å². The number of rotatable bonds is 2. The summed E-state index contributed by atoms with van der Waals surface area (Å²) in [5.41, 5.74) is 1.71. The van der Waals surface area contributed by atoms with Crippen LogP contribution in [-0.4, -0.2) is 41.2 Å². The molecule has 0 saturated heterocycles. The van der Waals surface area contributed by atoms with Gasteiger partial charge < -0.3 is 4.42 Å². The van der Waals surface area contributed by atoms with E-state index in [9.17, 15) is 4.79 Å². The molecule has 0 amide bonds. The molecule has 5 aromatic rings. The number of tetrazole rings is 2. The maximum atomic E-state index is 13.1. The summed E-state index contributed by atoms with van der Waals surface area (Å²) in [5.74, 6) is 0.558. The first kappa shape index (κ1) is 13.5. The maximum absolute atomic E-state index is 13.1. The third-order valence-electron chi connectivity index (χ3n) is 3.90. The second-order valence-electron chi connectivity index (χ2n) is 5.26. The molecule has 10 heteroatoms. The van der Waals surface area contributed by atoms with Gasteiger partial charge in [0.2, 0.25) is 17.1 Å². The number of benzene rings is 2. The highest BCUT2D eigenvalue weighted by molar-refractivity contribution is 6.03. The van der Waals surface area contributed by atoms with Crippen molar-refractivity contribution in [1.29, 1.82) is 0 Å². The lowest BCUT2D eigenvalue weighted by Crippen LogP contribution is -2.05. The molecule has 0 aliphatic heterocycles. The largest absolute Gasteiger partial charge is 0.456 e. The van der Waals surface area contributed by atoms with E-state index in [4.69, 9.17) is 4.42 Å². The number of aromatic amines is 2. The Morgan fingerprint density at radius 1 is 0.840 bits per heavy atom. The van der Waals surface area contributed by atoms with Crippen molar-refractivity contribution >= 4 is 21.9 Å². The predicted octanol–water partition coefficient (Wildman–Crippen LogP) is 1.31. The summed E-state index contributed by atoms with van der Waals surface area (Å²) in [5, 5.41) is 28.8. The second-order valence-corrected chi connectivity index (χ2v) is 5.26. The van der Waals surface area contributed by atoms with Gasteiger partial charge in [0, 0.05) is 11.1 Å². The van der Waals surface area contributed by atoms with Gasteiger partial charge in [0.05, 0.1) is 10.8 Å². The average Bonchev–Trinajstić information content (AvgIpc) is 3.35. The molecule has 0 spiro atoms. The van der Waals surface area contributed by atoms with Gasteiger partial charge in [-0.1, -0.05) is 12.1 Å². The van der Waals surface area contributed by atoms with Gasteiger partial charge in [-0.2, -0.15) is 10.4 Å². The van der Waals surface area contributed by atoms with Crippen LogP contribution < -0.4 is 5.43 Å². The lowest BCUT2D eigenvalue weighted by atomic mass is 9.99. The lowest BCUT2D eigenvalue weighted by Gasteiger charge is -2.08. The van der Waals surface area contributed by atoms with Crippen LogP contribution in [0.25, 0.3) is 44.7 Å². The highest BCUT2D eigenvalue weighted by atomic mass is 16.3. The zero-order chi connectivity index (χ0) is 16.8. The van der Waals surface area contributed by atoms with Crippen molar-refractivity contribution in [1.82, 2.24) is 41.2 Å². The zero-order valence-corrected chi connectivity index (χ0v) is 12.5. The number of aromatic nitrogens is 8. The Morgan fingerprint density at radius 3 is 2.36 bits per heavy atom. The Bertz CT molecular complexity index is 1260. The number of nitrogens with one attached hydrogen (secondary N) is 2. The van der Waals surface area contributed by atoms with Gasteiger partial charge >= 0.3 is 0 Å². The van der Waals surface area contributed by atoms with Crippen molar-refractivity contribution in [2.24, 2.45) is 0 Å². The summed E-state index contributed by atoms with van der Waals surface area (Å²) in [7, 11) is 0. The van der Waals surface area contributed by atoms with Crippen LogP contribution in [0.2, 0.25) is 0 Å². The Hall–Kier alpha value is -3.95. The molecule has 0 saturated carbocycles. The van der Waals surface area contributed by atoms with Gasteiger partial charge in [0.15, 0.2) is 0 Å². The van der Waals surface area contributed by atoms with E-state index in [-0.39, 0.29) is 11.3 Å². The molecule has 2 aromatic carbocycles. The summed E-state index contributed by atoms with van der Waals surface area (Å²) in [4.78, 5) is 13.1. The van der Waals surface area contributed by atoms with Crippen molar-refractivity contribution in [2.45, 2.75) is 0 Å². The monoisotopic (exact) mass is 332 g/mol. The average molecular weight is 332 g/mol. The van der Waals surface area contributed by atoms with Crippen LogP contribution in [0, 0.1) is 0 Å². The van der Waals surface area contributed by atoms with Crippen molar-refractivity contribution < 1.29 is 4.42 Å². The van der Waals surface area contributed by atoms with Crippen molar-refractivity contribution in [3.8, 4) is 22.8 Å². The zero-order valence-electron chi connectivity index (χ0n) is 12.5. The highest BCUT2D eigenvalue weighted by Gasteiger charge is 2.22. The van der Waals surface area contributed by atoms with Gasteiger partial charge in [-0.15, -0.1) is 20.4 Å². The summed E-state index contributed by atoms with van der Waals surface area (Å²) in [6.45, 7) is 0. The SMILES string of the molecule is O=c1c2ccccc2oc2ccc(-c3nn[nH]n3)c(-c3nn[nH]n3)c12. The molecule has 5 rings (SSSR count). The highest BCUT2D eigenvalue weighted by Crippen LogP contribution is 2.34. The molecule has 0 bridgehead atoms. The summed E-state index contributed by atoms with van der Waals surface area (Å²) in [6, 6.07) is 10.5. The van der Waals surface area contributed by atoms with Crippen LogP contribution >= 0.6 is 0 Å². The molecule has 10 nitrogen and oxygen atoms in total. The van der Waals surface area contributed by atoms with E-state index < -0.39 is 0 Å². The summed E-state index contributed by atoms with van der Waals surface area (Å²) < 4.78 is 5.89. The van der Waals surface area contributed by atoms with Crippen molar-refractivity contribution in [3.63, 3.8) is 0 Å². The van der Waals surface area contributed by atoms with Crippen LogP contribution in [0.4, 0.5) is 0 Å². The molecule has 2 N–H and O–H groups in total.